The summed E-state index contributed by atoms with van der Waals surface area (Å²) in [6.07, 6.45) is 2.44. The summed E-state index contributed by atoms with van der Waals surface area (Å²) in [6, 6.07) is 6.79. The maximum atomic E-state index is 12.4. The third kappa shape index (κ3) is 6.10. The topological polar surface area (TPSA) is 76.1 Å². The summed E-state index contributed by atoms with van der Waals surface area (Å²) in [7, 11) is 1.33. The van der Waals surface area contributed by atoms with E-state index in [1.165, 1.54) is 18.1 Å². The van der Waals surface area contributed by atoms with Gasteiger partial charge in [-0.05, 0) is 43.9 Å². The van der Waals surface area contributed by atoms with Gasteiger partial charge in [0.2, 0.25) is 0 Å². The normalized spacial score (nSPS) is 15.7. The predicted octanol–water partition coefficient (Wildman–Crippen LogP) is 2.69. The van der Waals surface area contributed by atoms with Crippen molar-refractivity contribution in [1.29, 1.82) is 0 Å². The number of amides is 1. The smallest absolute Gasteiger partial charge is 0.328 e. The zero-order chi connectivity index (χ0) is 20.2. The minimum absolute atomic E-state index is 0.223. The predicted molar refractivity (Wildman–Crippen MR) is 102 cm³/mol. The fraction of sp³-hybridized carbons (Fsp3) is 0.524. The SMILES string of the molecule is COC(=O)C(CC(C)C)N1CC(Oc2cccc(CC(C)(C)O)c2)=CC1=O. The maximum Gasteiger partial charge on any atom is 0.328 e. The first-order valence-electron chi connectivity index (χ1n) is 9.17. The molecule has 27 heavy (non-hydrogen) atoms. The number of benzene rings is 1. The van der Waals surface area contributed by atoms with Crippen LogP contribution in [0.15, 0.2) is 36.1 Å². The van der Waals surface area contributed by atoms with Gasteiger partial charge in [0.1, 0.15) is 17.6 Å². The summed E-state index contributed by atoms with van der Waals surface area (Å²) in [6.45, 7) is 7.71. The molecule has 0 aromatic heterocycles. The van der Waals surface area contributed by atoms with Gasteiger partial charge in [-0.1, -0.05) is 26.0 Å². The largest absolute Gasteiger partial charge is 0.467 e. The van der Waals surface area contributed by atoms with Crippen LogP contribution in [0.1, 0.15) is 39.7 Å². The molecule has 0 radical (unpaired) electrons. The molecule has 0 aliphatic carbocycles. The van der Waals surface area contributed by atoms with Crippen molar-refractivity contribution in [3.8, 4) is 5.75 Å². The fourth-order valence-corrected chi connectivity index (χ4v) is 3.14. The molecule has 1 atom stereocenters. The Bertz CT molecular complexity index is 718. The fourth-order valence-electron chi connectivity index (χ4n) is 3.14. The number of carbonyl (C=O) groups excluding carboxylic acids is 2. The molecule has 2 rings (SSSR count). The molecule has 1 aromatic rings. The number of hydrogen-bond acceptors (Lipinski definition) is 5. The molecule has 148 valence electrons. The Morgan fingerprint density at radius 2 is 2.04 bits per heavy atom. The van der Waals surface area contributed by atoms with Crippen LogP contribution in [0, 0.1) is 5.92 Å². The average molecular weight is 375 g/mol. The quantitative estimate of drug-likeness (QED) is 0.707. The molecule has 0 fully saturated rings. The van der Waals surface area contributed by atoms with E-state index in [4.69, 9.17) is 9.47 Å². The lowest BCUT2D eigenvalue weighted by Gasteiger charge is -2.27. The van der Waals surface area contributed by atoms with E-state index in [9.17, 15) is 14.7 Å². The molecule has 1 amide bonds. The molecule has 6 nitrogen and oxygen atoms in total. The lowest BCUT2D eigenvalue weighted by molar-refractivity contribution is -0.151. The summed E-state index contributed by atoms with van der Waals surface area (Å²) >= 11 is 0. The number of hydrogen-bond donors (Lipinski definition) is 1. The molecule has 0 bridgehead atoms. The summed E-state index contributed by atoms with van der Waals surface area (Å²) in [4.78, 5) is 26.0. The second kappa shape index (κ2) is 8.57. The Morgan fingerprint density at radius 3 is 2.63 bits per heavy atom. The first-order chi connectivity index (χ1) is 12.6. The van der Waals surface area contributed by atoms with Crippen LogP contribution in [0.3, 0.4) is 0 Å². The van der Waals surface area contributed by atoms with Crippen molar-refractivity contribution in [2.24, 2.45) is 5.92 Å². The van der Waals surface area contributed by atoms with E-state index in [0.29, 0.717) is 24.4 Å². The van der Waals surface area contributed by atoms with E-state index < -0.39 is 17.6 Å². The molecular weight excluding hydrogens is 346 g/mol. The van der Waals surface area contributed by atoms with Crippen LogP contribution in [0.5, 0.6) is 5.75 Å². The van der Waals surface area contributed by atoms with Gasteiger partial charge in [-0.2, -0.15) is 0 Å². The molecule has 0 saturated carbocycles. The third-order valence-corrected chi connectivity index (χ3v) is 4.22. The number of nitrogens with zero attached hydrogens (tertiary/aromatic N) is 1. The number of aliphatic hydroxyl groups is 1. The second-order valence-corrected chi connectivity index (χ2v) is 7.98. The Morgan fingerprint density at radius 1 is 1.33 bits per heavy atom. The van der Waals surface area contributed by atoms with Crippen molar-refractivity contribution in [2.75, 3.05) is 13.7 Å². The highest BCUT2D eigenvalue weighted by atomic mass is 16.5. The van der Waals surface area contributed by atoms with Crippen LogP contribution in [-0.4, -0.2) is 47.2 Å². The molecule has 1 aliphatic rings. The Kier molecular flexibility index (Phi) is 6.65. The van der Waals surface area contributed by atoms with Crippen molar-refractivity contribution in [3.63, 3.8) is 0 Å². The second-order valence-electron chi connectivity index (χ2n) is 7.98. The van der Waals surface area contributed by atoms with Gasteiger partial charge >= 0.3 is 5.97 Å². The number of rotatable bonds is 8. The van der Waals surface area contributed by atoms with E-state index in [1.54, 1.807) is 19.9 Å². The van der Waals surface area contributed by atoms with Gasteiger partial charge in [-0.25, -0.2) is 4.79 Å². The molecule has 1 N–H and O–H groups in total. The standard InChI is InChI=1S/C21H29NO5/c1-14(2)9-18(20(24)26-5)22-13-17(11-19(22)23)27-16-8-6-7-15(10-16)12-21(3,4)25/h6-8,10-11,14,18,25H,9,12-13H2,1-5H3. The molecule has 0 spiro atoms. The summed E-state index contributed by atoms with van der Waals surface area (Å²) in [5.41, 5.74) is 0.122. The zero-order valence-corrected chi connectivity index (χ0v) is 16.7. The minimum atomic E-state index is -0.817. The monoisotopic (exact) mass is 375 g/mol. The van der Waals surface area contributed by atoms with Gasteiger partial charge < -0.3 is 19.5 Å². The number of methoxy groups -OCH3 is 1. The van der Waals surface area contributed by atoms with Crippen LogP contribution in [-0.2, 0) is 20.7 Å². The molecular formula is C21H29NO5. The number of ether oxygens (including phenoxy) is 2. The molecule has 1 aromatic carbocycles. The van der Waals surface area contributed by atoms with Crippen LogP contribution < -0.4 is 4.74 Å². The molecule has 1 heterocycles. The van der Waals surface area contributed by atoms with Crippen molar-refractivity contribution in [1.82, 2.24) is 4.90 Å². The first kappa shape index (κ1) is 21.0. The lowest BCUT2D eigenvalue weighted by Crippen LogP contribution is -2.44. The van der Waals surface area contributed by atoms with Crippen LogP contribution >= 0.6 is 0 Å². The lowest BCUT2D eigenvalue weighted by atomic mass is 9.99. The van der Waals surface area contributed by atoms with Gasteiger partial charge in [0, 0.05) is 12.5 Å². The summed E-state index contributed by atoms with van der Waals surface area (Å²) in [5, 5.41) is 9.98. The first-order valence-corrected chi connectivity index (χ1v) is 9.17. The van der Waals surface area contributed by atoms with E-state index in [-0.39, 0.29) is 18.4 Å². The highest BCUT2D eigenvalue weighted by Crippen LogP contribution is 2.24. The van der Waals surface area contributed by atoms with E-state index in [2.05, 4.69) is 0 Å². The van der Waals surface area contributed by atoms with E-state index >= 15 is 0 Å². The third-order valence-electron chi connectivity index (χ3n) is 4.22. The van der Waals surface area contributed by atoms with Crippen LogP contribution in [0.2, 0.25) is 0 Å². The van der Waals surface area contributed by atoms with Crippen molar-refractivity contribution < 1.29 is 24.2 Å². The summed E-state index contributed by atoms with van der Waals surface area (Å²) in [5.74, 6) is 0.646. The van der Waals surface area contributed by atoms with Crippen molar-refractivity contribution >= 4 is 11.9 Å². The van der Waals surface area contributed by atoms with Gasteiger partial charge in [0.25, 0.3) is 5.91 Å². The van der Waals surface area contributed by atoms with Crippen molar-refractivity contribution in [3.05, 3.63) is 41.7 Å². The van der Waals surface area contributed by atoms with Gasteiger partial charge in [-0.15, -0.1) is 0 Å². The highest BCUT2D eigenvalue weighted by molar-refractivity contribution is 5.94. The van der Waals surface area contributed by atoms with Crippen LogP contribution in [0.4, 0.5) is 0 Å². The Labute approximate surface area is 160 Å². The average Bonchev–Trinajstić information content (AvgIpc) is 2.90. The summed E-state index contributed by atoms with van der Waals surface area (Å²) < 4.78 is 10.7. The van der Waals surface area contributed by atoms with Crippen LogP contribution in [0.25, 0.3) is 0 Å². The Hall–Kier alpha value is -2.34. The molecule has 1 aliphatic heterocycles. The van der Waals surface area contributed by atoms with Crippen molar-refractivity contribution in [2.45, 2.75) is 52.2 Å². The molecule has 6 heteroatoms. The molecule has 1 unspecified atom stereocenters. The van der Waals surface area contributed by atoms with Gasteiger partial charge in [0.05, 0.1) is 19.3 Å². The van der Waals surface area contributed by atoms with Gasteiger partial charge in [-0.3, -0.25) is 4.79 Å². The highest BCUT2D eigenvalue weighted by Gasteiger charge is 2.35. The van der Waals surface area contributed by atoms with Gasteiger partial charge in [0.15, 0.2) is 0 Å². The number of carbonyl (C=O) groups is 2. The zero-order valence-electron chi connectivity index (χ0n) is 16.7. The van der Waals surface area contributed by atoms with E-state index in [1.807, 2.05) is 32.0 Å². The Balaban J connectivity index is 2.09. The molecule has 0 saturated heterocycles. The number of esters is 1. The van der Waals surface area contributed by atoms with E-state index in [0.717, 1.165) is 5.56 Å². The maximum absolute atomic E-state index is 12.4. The minimum Gasteiger partial charge on any atom is -0.467 e.